The Morgan fingerprint density at radius 2 is 1.29 bits per heavy atom. The van der Waals surface area contributed by atoms with Crippen molar-refractivity contribution >= 4 is 23.1 Å². The molecule has 0 radical (unpaired) electrons. The van der Waals surface area contributed by atoms with Gasteiger partial charge in [0.15, 0.2) is 0 Å². The van der Waals surface area contributed by atoms with Crippen LogP contribution in [0.3, 0.4) is 0 Å². The average Bonchev–Trinajstić information content (AvgIpc) is 2.92. The lowest BCUT2D eigenvalue weighted by molar-refractivity contribution is -0.121. The molecule has 4 heteroatoms. The second kappa shape index (κ2) is 12.1. The quantitative estimate of drug-likeness (QED) is 0.224. The molecule has 0 aliphatic rings. The van der Waals surface area contributed by atoms with Crippen LogP contribution >= 0.6 is 0 Å². The second-order valence-electron chi connectivity index (χ2n) is 8.54. The van der Waals surface area contributed by atoms with E-state index in [4.69, 9.17) is 14.2 Å². The number of hydrogen-bond donors (Lipinski definition) is 0. The predicted octanol–water partition coefficient (Wildman–Crippen LogP) is 6.48. The fourth-order valence-corrected chi connectivity index (χ4v) is 3.99. The van der Waals surface area contributed by atoms with Crippen molar-refractivity contribution in [3.63, 3.8) is 0 Å². The molecule has 178 valence electrons. The zero-order valence-corrected chi connectivity index (χ0v) is 19.9. The molecule has 0 bridgehead atoms. The lowest BCUT2D eigenvalue weighted by Crippen LogP contribution is -2.32. The number of carbonyl (C=O) groups is 1. The van der Waals surface area contributed by atoms with Gasteiger partial charge >= 0.3 is 0 Å². The highest BCUT2D eigenvalue weighted by Gasteiger charge is 2.28. The maximum Gasteiger partial charge on any atom is 0.134 e. The SMILES string of the molecule is COc1ccc2ccccc2c1C=CC(C=O)(COCc1ccccc1)COCc1ccccc1. The highest BCUT2D eigenvalue weighted by molar-refractivity contribution is 5.93. The maximum absolute atomic E-state index is 12.5. The molecule has 35 heavy (non-hydrogen) atoms. The van der Waals surface area contributed by atoms with Crippen LogP contribution in [0.5, 0.6) is 5.75 Å². The van der Waals surface area contributed by atoms with Crippen LogP contribution < -0.4 is 4.74 Å². The minimum Gasteiger partial charge on any atom is -0.496 e. The summed E-state index contributed by atoms with van der Waals surface area (Å²) in [5.41, 5.74) is 2.07. The van der Waals surface area contributed by atoms with Gasteiger partial charge < -0.3 is 19.0 Å². The van der Waals surface area contributed by atoms with E-state index in [1.165, 1.54) is 0 Å². The zero-order valence-electron chi connectivity index (χ0n) is 19.9. The van der Waals surface area contributed by atoms with Crippen molar-refractivity contribution in [2.45, 2.75) is 13.2 Å². The maximum atomic E-state index is 12.5. The zero-order chi connectivity index (χ0) is 24.3. The molecule has 4 aromatic rings. The van der Waals surface area contributed by atoms with Gasteiger partial charge in [0.25, 0.3) is 0 Å². The number of methoxy groups -OCH3 is 1. The Kier molecular flexibility index (Phi) is 8.44. The molecule has 0 unspecified atom stereocenters. The van der Waals surface area contributed by atoms with Crippen LogP contribution in [0.4, 0.5) is 0 Å². The first-order valence-corrected chi connectivity index (χ1v) is 11.7. The normalized spacial score (nSPS) is 11.7. The van der Waals surface area contributed by atoms with Crippen LogP contribution in [0.25, 0.3) is 16.8 Å². The third-order valence-electron chi connectivity index (χ3n) is 5.93. The number of hydrogen-bond acceptors (Lipinski definition) is 4. The summed E-state index contributed by atoms with van der Waals surface area (Å²) in [6.45, 7) is 1.23. The summed E-state index contributed by atoms with van der Waals surface area (Å²) in [6, 6.07) is 32.0. The van der Waals surface area contributed by atoms with E-state index in [9.17, 15) is 4.79 Å². The lowest BCUT2D eigenvalue weighted by atomic mass is 9.90. The summed E-state index contributed by atoms with van der Waals surface area (Å²) < 4.78 is 17.7. The van der Waals surface area contributed by atoms with Gasteiger partial charge in [0, 0.05) is 5.56 Å². The van der Waals surface area contributed by atoms with Gasteiger partial charge in [0.05, 0.1) is 39.0 Å². The van der Waals surface area contributed by atoms with Gasteiger partial charge in [0.1, 0.15) is 12.0 Å². The number of fused-ring (bicyclic) bond motifs is 1. The van der Waals surface area contributed by atoms with Crippen molar-refractivity contribution < 1.29 is 19.0 Å². The Labute approximate surface area is 206 Å². The van der Waals surface area contributed by atoms with Crippen LogP contribution in [0.15, 0.2) is 103 Å². The molecule has 4 rings (SSSR count). The van der Waals surface area contributed by atoms with Gasteiger partial charge in [-0.2, -0.15) is 0 Å². The second-order valence-corrected chi connectivity index (χ2v) is 8.54. The van der Waals surface area contributed by atoms with E-state index in [1.807, 2.05) is 97.1 Å². The van der Waals surface area contributed by atoms with Crippen molar-refractivity contribution in [1.29, 1.82) is 0 Å². The molecule has 0 saturated carbocycles. The Morgan fingerprint density at radius 1 is 0.714 bits per heavy atom. The molecule has 0 heterocycles. The Bertz CT molecular complexity index is 1200. The first-order valence-electron chi connectivity index (χ1n) is 11.7. The fraction of sp³-hybridized carbons (Fsp3) is 0.194. The molecule has 0 N–H and O–H groups in total. The Balaban J connectivity index is 1.59. The van der Waals surface area contributed by atoms with Crippen LogP contribution in [0.2, 0.25) is 0 Å². The van der Waals surface area contributed by atoms with E-state index >= 15 is 0 Å². The van der Waals surface area contributed by atoms with Crippen LogP contribution in [-0.4, -0.2) is 26.6 Å². The summed E-state index contributed by atoms with van der Waals surface area (Å²) in [5.74, 6) is 0.746. The third kappa shape index (κ3) is 6.44. The summed E-state index contributed by atoms with van der Waals surface area (Å²) in [4.78, 5) is 12.5. The molecule has 0 atom stereocenters. The minimum atomic E-state index is -0.953. The molecule has 0 fully saturated rings. The minimum absolute atomic E-state index is 0.198. The van der Waals surface area contributed by atoms with E-state index in [0.717, 1.165) is 39.5 Å². The van der Waals surface area contributed by atoms with E-state index in [2.05, 4.69) is 12.1 Å². The van der Waals surface area contributed by atoms with Crippen LogP contribution in [-0.2, 0) is 27.5 Å². The van der Waals surface area contributed by atoms with Crippen molar-refractivity contribution in [2.75, 3.05) is 20.3 Å². The lowest BCUT2D eigenvalue weighted by Gasteiger charge is -2.25. The number of rotatable bonds is 12. The first kappa shape index (κ1) is 24.4. The van der Waals surface area contributed by atoms with E-state index < -0.39 is 5.41 Å². The van der Waals surface area contributed by atoms with Crippen molar-refractivity contribution in [1.82, 2.24) is 0 Å². The standard InChI is InChI=1S/C31H30O4/c1-33-30-17-16-27-14-8-9-15-28(27)29(30)18-19-31(22-32,23-34-20-25-10-4-2-5-11-25)24-35-21-26-12-6-3-7-13-26/h2-19,22H,20-21,23-24H2,1H3. The van der Waals surface area contributed by atoms with Gasteiger partial charge in [-0.3, -0.25) is 0 Å². The van der Waals surface area contributed by atoms with E-state index in [1.54, 1.807) is 7.11 Å². The Morgan fingerprint density at radius 3 is 1.86 bits per heavy atom. The number of ether oxygens (including phenoxy) is 3. The monoisotopic (exact) mass is 466 g/mol. The number of carbonyl (C=O) groups excluding carboxylic acids is 1. The fourth-order valence-electron chi connectivity index (χ4n) is 3.99. The first-order chi connectivity index (χ1) is 17.2. The summed E-state index contributed by atoms with van der Waals surface area (Å²) in [7, 11) is 1.65. The van der Waals surface area contributed by atoms with Gasteiger partial charge in [0.2, 0.25) is 0 Å². The largest absolute Gasteiger partial charge is 0.496 e. The molecular weight excluding hydrogens is 436 g/mol. The molecule has 0 amide bonds. The molecule has 4 aromatic carbocycles. The van der Waals surface area contributed by atoms with E-state index in [0.29, 0.717) is 13.2 Å². The molecule has 0 aliphatic heterocycles. The van der Waals surface area contributed by atoms with Crippen molar-refractivity contribution in [2.24, 2.45) is 5.41 Å². The summed E-state index contributed by atoms with van der Waals surface area (Å²) >= 11 is 0. The molecule has 0 saturated heterocycles. The molecule has 4 nitrogen and oxygen atoms in total. The predicted molar refractivity (Wildman–Crippen MR) is 140 cm³/mol. The van der Waals surface area contributed by atoms with Crippen LogP contribution in [0, 0.1) is 5.41 Å². The van der Waals surface area contributed by atoms with Crippen LogP contribution in [0.1, 0.15) is 16.7 Å². The topological polar surface area (TPSA) is 44.8 Å². The van der Waals surface area contributed by atoms with Gasteiger partial charge in [-0.1, -0.05) is 103 Å². The third-order valence-corrected chi connectivity index (χ3v) is 5.93. The highest BCUT2D eigenvalue weighted by atomic mass is 16.5. The molecule has 0 spiro atoms. The van der Waals surface area contributed by atoms with Gasteiger partial charge in [-0.05, 0) is 28.0 Å². The van der Waals surface area contributed by atoms with E-state index in [-0.39, 0.29) is 13.2 Å². The van der Waals surface area contributed by atoms with Gasteiger partial charge in [-0.15, -0.1) is 0 Å². The summed E-state index contributed by atoms with van der Waals surface area (Å²) in [5, 5.41) is 2.16. The van der Waals surface area contributed by atoms with Crippen molar-refractivity contribution in [3.05, 3.63) is 120 Å². The smallest absolute Gasteiger partial charge is 0.134 e. The van der Waals surface area contributed by atoms with Gasteiger partial charge in [-0.25, -0.2) is 0 Å². The molecule has 0 aromatic heterocycles. The summed E-state index contributed by atoms with van der Waals surface area (Å²) in [6.07, 6.45) is 4.77. The highest BCUT2D eigenvalue weighted by Crippen LogP contribution is 2.31. The Hall–Kier alpha value is -3.73. The molecule has 0 aliphatic carbocycles. The van der Waals surface area contributed by atoms with Crippen molar-refractivity contribution in [3.8, 4) is 5.75 Å². The molecular formula is C31H30O4. The number of benzene rings is 4. The number of aldehydes is 1. The average molecular weight is 467 g/mol.